The molecule has 6 heteroatoms. The van der Waals surface area contributed by atoms with Crippen LogP contribution in [0.25, 0.3) is 0 Å². The lowest BCUT2D eigenvalue weighted by Crippen LogP contribution is -2.28. The average molecular weight is 292 g/mol. The van der Waals surface area contributed by atoms with Crippen LogP contribution in [0, 0.1) is 5.82 Å². The van der Waals surface area contributed by atoms with E-state index in [0.717, 1.165) is 5.56 Å². The number of carbonyl (C=O) groups is 1. The number of furan rings is 1. The number of benzene rings is 1. The predicted molar refractivity (Wildman–Crippen MR) is 75.1 cm³/mol. The van der Waals surface area contributed by atoms with E-state index in [1.54, 1.807) is 18.2 Å². The van der Waals surface area contributed by atoms with Crippen LogP contribution in [0.5, 0.6) is 0 Å². The number of methoxy groups -OCH3 is 1. The molecule has 3 N–H and O–H groups in total. The molecule has 1 amide bonds. The largest absolute Gasteiger partial charge is 0.467 e. The van der Waals surface area contributed by atoms with E-state index in [1.807, 2.05) is 0 Å². The first-order chi connectivity index (χ1) is 10.1. The molecule has 1 unspecified atom stereocenters. The monoisotopic (exact) mass is 292 g/mol. The van der Waals surface area contributed by atoms with Gasteiger partial charge in [-0.05, 0) is 23.8 Å². The van der Waals surface area contributed by atoms with Crippen molar-refractivity contribution in [1.82, 2.24) is 5.32 Å². The summed E-state index contributed by atoms with van der Waals surface area (Å²) in [4.78, 5) is 12.0. The summed E-state index contributed by atoms with van der Waals surface area (Å²) in [5.74, 6) is -0.0464. The Morgan fingerprint density at radius 2 is 2.14 bits per heavy atom. The van der Waals surface area contributed by atoms with E-state index in [4.69, 9.17) is 14.9 Å². The predicted octanol–water partition coefficient (Wildman–Crippen LogP) is 1.99. The molecule has 0 fully saturated rings. The first kappa shape index (κ1) is 15.2. The summed E-state index contributed by atoms with van der Waals surface area (Å²) in [7, 11) is 1.53. The maximum Gasteiger partial charge on any atom is 0.254 e. The number of hydrogen-bond donors (Lipinski definition) is 2. The quantitative estimate of drug-likeness (QED) is 0.853. The first-order valence-electron chi connectivity index (χ1n) is 6.48. The van der Waals surface area contributed by atoms with Gasteiger partial charge in [-0.15, -0.1) is 0 Å². The number of halogens is 1. The second kappa shape index (κ2) is 7.01. The van der Waals surface area contributed by atoms with Gasteiger partial charge >= 0.3 is 0 Å². The molecule has 0 aliphatic carbocycles. The molecule has 0 radical (unpaired) electrons. The summed E-state index contributed by atoms with van der Waals surface area (Å²) in [6.07, 6.45) is 1.01. The van der Waals surface area contributed by atoms with Gasteiger partial charge in [0, 0.05) is 13.7 Å². The second-order valence-corrected chi connectivity index (χ2v) is 4.49. The summed E-state index contributed by atoms with van der Waals surface area (Å²) in [5, 5.41) is 2.74. The Bertz CT molecular complexity index is 595. The summed E-state index contributed by atoms with van der Waals surface area (Å²) >= 11 is 0. The molecule has 1 aromatic heterocycles. The van der Waals surface area contributed by atoms with Crippen LogP contribution in [-0.2, 0) is 11.3 Å². The van der Waals surface area contributed by atoms with Gasteiger partial charge in [-0.2, -0.15) is 0 Å². The number of nitrogens with two attached hydrogens (primary N) is 1. The first-order valence-corrected chi connectivity index (χ1v) is 6.48. The third-order valence-electron chi connectivity index (χ3n) is 3.09. The lowest BCUT2D eigenvalue weighted by molar-refractivity contribution is 0.0827. The molecule has 0 aliphatic heterocycles. The summed E-state index contributed by atoms with van der Waals surface area (Å²) in [6.45, 7) is 0.508. The maximum absolute atomic E-state index is 12.9. The molecule has 5 nitrogen and oxygen atoms in total. The van der Waals surface area contributed by atoms with E-state index < -0.39 is 0 Å². The van der Waals surface area contributed by atoms with Gasteiger partial charge in [0.1, 0.15) is 17.8 Å². The fourth-order valence-corrected chi connectivity index (χ4v) is 1.91. The number of rotatable bonds is 6. The van der Waals surface area contributed by atoms with Crippen LogP contribution in [0.2, 0.25) is 0 Å². The molecule has 1 aromatic carbocycles. The molecule has 0 saturated carbocycles. The fraction of sp³-hybridized carbons (Fsp3) is 0.267. The number of nitrogens with one attached hydrogen (secondary N) is 1. The SMILES string of the molecule is COC(CNC(=O)c1coc(CN)c1)c1ccc(F)cc1. The Morgan fingerprint density at radius 3 is 2.71 bits per heavy atom. The summed E-state index contributed by atoms with van der Waals surface area (Å²) < 4.78 is 23.3. The van der Waals surface area contributed by atoms with Gasteiger partial charge in [-0.1, -0.05) is 12.1 Å². The Labute approximate surface area is 121 Å². The zero-order valence-corrected chi connectivity index (χ0v) is 11.6. The minimum absolute atomic E-state index is 0.240. The molecule has 0 aliphatic rings. The van der Waals surface area contributed by atoms with E-state index in [2.05, 4.69) is 5.32 Å². The van der Waals surface area contributed by atoms with Crippen LogP contribution in [-0.4, -0.2) is 19.6 Å². The van der Waals surface area contributed by atoms with E-state index >= 15 is 0 Å². The smallest absolute Gasteiger partial charge is 0.254 e. The molecule has 0 saturated heterocycles. The number of amides is 1. The van der Waals surface area contributed by atoms with Crippen molar-refractivity contribution in [1.29, 1.82) is 0 Å². The second-order valence-electron chi connectivity index (χ2n) is 4.49. The third kappa shape index (κ3) is 3.90. The highest BCUT2D eigenvalue weighted by Gasteiger charge is 2.14. The van der Waals surface area contributed by atoms with Gasteiger partial charge in [0.15, 0.2) is 0 Å². The number of carbonyl (C=O) groups excluding carboxylic acids is 1. The van der Waals surface area contributed by atoms with Crippen LogP contribution >= 0.6 is 0 Å². The molecule has 0 bridgehead atoms. The third-order valence-corrected chi connectivity index (χ3v) is 3.09. The number of hydrogen-bond acceptors (Lipinski definition) is 4. The van der Waals surface area contributed by atoms with Crippen molar-refractivity contribution in [2.75, 3.05) is 13.7 Å². The van der Waals surface area contributed by atoms with Crippen LogP contribution in [0.4, 0.5) is 4.39 Å². The van der Waals surface area contributed by atoms with Crippen molar-refractivity contribution in [2.24, 2.45) is 5.73 Å². The Balaban J connectivity index is 1.96. The molecule has 21 heavy (non-hydrogen) atoms. The lowest BCUT2D eigenvalue weighted by atomic mass is 10.1. The van der Waals surface area contributed by atoms with Crippen molar-refractivity contribution < 1.29 is 18.3 Å². The normalized spacial score (nSPS) is 12.1. The van der Waals surface area contributed by atoms with Gasteiger partial charge in [-0.25, -0.2) is 4.39 Å². The maximum atomic E-state index is 12.9. The Morgan fingerprint density at radius 1 is 1.43 bits per heavy atom. The van der Waals surface area contributed by atoms with Gasteiger partial charge in [0.2, 0.25) is 0 Å². The van der Waals surface area contributed by atoms with Crippen molar-refractivity contribution in [2.45, 2.75) is 12.6 Å². The highest BCUT2D eigenvalue weighted by Crippen LogP contribution is 2.16. The molecular formula is C15H17FN2O3. The highest BCUT2D eigenvalue weighted by atomic mass is 19.1. The van der Waals surface area contributed by atoms with Crippen LogP contribution in [0.15, 0.2) is 41.0 Å². The van der Waals surface area contributed by atoms with Crippen LogP contribution < -0.4 is 11.1 Å². The molecule has 112 valence electrons. The number of ether oxygens (including phenoxy) is 1. The van der Waals surface area contributed by atoms with Gasteiger partial charge in [0.25, 0.3) is 5.91 Å². The van der Waals surface area contributed by atoms with Crippen LogP contribution in [0.3, 0.4) is 0 Å². The van der Waals surface area contributed by atoms with Crippen molar-refractivity contribution >= 4 is 5.91 Å². The zero-order chi connectivity index (χ0) is 15.2. The summed E-state index contributed by atoms with van der Waals surface area (Å²) in [6, 6.07) is 7.55. The molecule has 1 atom stereocenters. The molecule has 2 rings (SSSR count). The van der Waals surface area contributed by atoms with Crippen molar-refractivity contribution in [3.63, 3.8) is 0 Å². The fourth-order valence-electron chi connectivity index (χ4n) is 1.91. The Hall–Kier alpha value is -2.18. The minimum Gasteiger partial charge on any atom is -0.467 e. The Kier molecular flexibility index (Phi) is 5.08. The van der Waals surface area contributed by atoms with Gasteiger partial charge < -0.3 is 20.2 Å². The zero-order valence-electron chi connectivity index (χ0n) is 11.6. The summed E-state index contributed by atoms with van der Waals surface area (Å²) in [5.41, 5.74) is 6.61. The van der Waals surface area contributed by atoms with Gasteiger partial charge in [-0.3, -0.25) is 4.79 Å². The van der Waals surface area contributed by atoms with Crippen molar-refractivity contribution in [3.05, 3.63) is 59.3 Å². The highest BCUT2D eigenvalue weighted by molar-refractivity contribution is 5.93. The standard InChI is InChI=1S/C15H17FN2O3/c1-20-14(10-2-4-12(16)5-3-10)8-18-15(19)11-6-13(7-17)21-9-11/h2-6,9,14H,7-8,17H2,1H3,(H,18,19). The molecule has 2 aromatic rings. The molecule has 0 spiro atoms. The molecular weight excluding hydrogens is 275 g/mol. The van der Waals surface area contributed by atoms with E-state index in [1.165, 1.54) is 25.5 Å². The minimum atomic E-state index is -0.351. The van der Waals surface area contributed by atoms with E-state index in [9.17, 15) is 9.18 Å². The van der Waals surface area contributed by atoms with Gasteiger partial charge in [0.05, 0.1) is 18.2 Å². The average Bonchev–Trinajstić information content (AvgIpc) is 2.98. The van der Waals surface area contributed by atoms with E-state index in [0.29, 0.717) is 11.3 Å². The lowest BCUT2D eigenvalue weighted by Gasteiger charge is -2.16. The van der Waals surface area contributed by atoms with Crippen LogP contribution in [0.1, 0.15) is 27.8 Å². The van der Waals surface area contributed by atoms with E-state index in [-0.39, 0.29) is 30.9 Å². The molecule has 1 heterocycles. The van der Waals surface area contributed by atoms with Crippen molar-refractivity contribution in [3.8, 4) is 0 Å². The topological polar surface area (TPSA) is 77.5 Å².